The fourth-order valence-electron chi connectivity index (χ4n) is 2.40. The maximum absolute atomic E-state index is 13.6. The van der Waals surface area contributed by atoms with Crippen LogP contribution in [-0.4, -0.2) is 21.6 Å². The lowest BCUT2D eigenvalue weighted by molar-refractivity contribution is -0.384. The Morgan fingerprint density at radius 3 is 2.85 bits per heavy atom. The van der Waals surface area contributed by atoms with Crippen molar-refractivity contribution in [3.05, 3.63) is 75.4 Å². The van der Waals surface area contributed by atoms with E-state index in [1.807, 2.05) is 0 Å². The second-order valence-electron chi connectivity index (χ2n) is 5.57. The third-order valence-corrected chi connectivity index (χ3v) is 4.72. The van der Waals surface area contributed by atoms with Gasteiger partial charge in [0.15, 0.2) is 10.2 Å². The molecule has 0 fully saturated rings. The molecule has 0 radical (unpaired) electrons. The summed E-state index contributed by atoms with van der Waals surface area (Å²) in [6, 6.07) is 12.9. The molecule has 6 nitrogen and oxygen atoms in total. The molecule has 0 aliphatic carbocycles. The number of thiazole rings is 1. The molecule has 2 N–H and O–H groups in total. The molecule has 3 aromatic rings. The monoisotopic (exact) mass is 402 g/mol. The van der Waals surface area contributed by atoms with Gasteiger partial charge in [0.1, 0.15) is 5.82 Å². The number of nitro benzene ring substituents is 1. The minimum atomic E-state index is -0.441. The van der Waals surface area contributed by atoms with E-state index in [0.29, 0.717) is 40.0 Å². The number of nitrogens with one attached hydrogen (secondary N) is 2. The Balaban J connectivity index is 1.56. The van der Waals surface area contributed by atoms with Gasteiger partial charge < -0.3 is 10.6 Å². The van der Waals surface area contributed by atoms with E-state index in [9.17, 15) is 14.5 Å². The number of thiocarbonyl (C=S) groups is 1. The van der Waals surface area contributed by atoms with Crippen LogP contribution in [0.5, 0.6) is 0 Å². The van der Waals surface area contributed by atoms with Gasteiger partial charge in [-0.2, -0.15) is 0 Å². The zero-order chi connectivity index (χ0) is 19.2. The van der Waals surface area contributed by atoms with Crippen LogP contribution in [0.1, 0.15) is 5.56 Å². The molecule has 2 aromatic carbocycles. The molecule has 0 amide bonds. The lowest BCUT2D eigenvalue weighted by atomic mass is 10.1. The molecule has 0 spiro atoms. The summed E-state index contributed by atoms with van der Waals surface area (Å²) in [6.45, 7) is 0.482. The number of hydrogen-bond donors (Lipinski definition) is 2. The topological polar surface area (TPSA) is 80.1 Å². The molecule has 0 bridgehead atoms. The lowest BCUT2D eigenvalue weighted by Gasteiger charge is -2.08. The average Bonchev–Trinajstić information content (AvgIpc) is 3.12. The first-order valence-corrected chi connectivity index (χ1v) is 9.30. The van der Waals surface area contributed by atoms with Crippen molar-refractivity contribution in [2.45, 2.75) is 6.42 Å². The van der Waals surface area contributed by atoms with Gasteiger partial charge in [0.25, 0.3) is 5.69 Å². The Bertz CT molecular complexity index is 977. The predicted molar refractivity (Wildman–Crippen MR) is 109 cm³/mol. The highest BCUT2D eigenvalue weighted by Crippen LogP contribution is 2.27. The molecule has 0 atom stereocenters. The number of aromatic nitrogens is 1. The van der Waals surface area contributed by atoms with E-state index < -0.39 is 4.92 Å². The average molecular weight is 402 g/mol. The van der Waals surface area contributed by atoms with Crippen molar-refractivity contribution >= 4 is 39.5 Å². The highest BCUT2D eigenvalue weighted by Gasteiger charge is 2.10. The van der Waals surface area contributed by atoms with Crippen molar-refractivity contribution in [2.75, 3.05) is 11.9 Å². The van der Waals surface area contributed by atoms with E-state index in [0.717, 1.165) is 0 Å². The number of hydrogen-bond acceptors (Lipinski definition) is 5. The molecule has 3 rings (SSSR count). The molecule has 0 saturated heterocycles. The largest absolute Gasteiger partial charge is 0.362 e. The number of anilines is 1. The van der Waals surface area contributed by atoms with Crippen LogP contribution in [0.25, 0.3) is 11.3 Å². The van der Waals surface area contributed by atoms with E-state index in [2.05, 4.69) is 15.6 Å². The first-order valence-electron chi connectivity index (χ1n) is 8.01. The summed E-state index contributed by atoms with van der Waals surface area (Å²) in [4.78, 5) is 14.8. The fraction of sp³-hybridized carbons (Fsp3) is 0.111. The van der Waals surface area contributed by atoms with Gasteiger partial charge in [-0.15, -0.1) is 11.3 Å². The Morgan fingerprint density at radius 2 is 2.07 bits per heavy atom. The summed E-state index contributed by atoms with van der Waals surface area (Å²) in [5, 5.41) is 19.6. The van der Waals surface area contributed by atoms with E-state index in [4.69, 9.17) is 12.2 Å². The van der Waals surface area contributed by atoms with Crippen LogP contribution in [0.15, 0.2) is 53.9 Å². The van der Waals surface area contributed by atoms with Crippen LogP contribution in [0.4, 0.5) is 15.2 Å². The molecule has 27 heavy (non-hydrogen) atoms. The van der Waals surface area contributed by atoms with Crippen LogP contribution in [-0.2, 0) is 6.42 Å². The Kier molecular flexibility index (Phi) is 6.05. The molecule has 0 saturated carbocycles. The molecule has 0 aliphatic heterocycles. The van der Waals surface area contributed by atoms with Crippen molar-refractivity contribution in [2.24, 2.45) is 0 Å². The predicted octanol–water partition coefficient (Wildman–Crippen LogP) is 4.39. The molecule has 0 unspecified atom stereocenters. The van der Waals surface area contributed by atoms with Crippen molar-refractivity contribution in [1.29, 1.82) is 0 Å². The number of benzene rings is 2. The summed E-state index contributed by atoms with van der Waals surface area (Å²) in [5.74, 6) is -0.236. The first kappa shape index (κ1) is 18.9. The first-order chi connectivity index (χ1) is 13.0. The van der Waals surface area contributed by atoms with Crippen LogP contribution in [0.3, 0.4) is 0 Å². The van der Waals surface area contributed by atoms with Crippen LogP contribution in [0.2, 0.25) is 0 Å². The number of rotatable bonds is 6. The van der Waals surface area contributed by atoms with Gasteiger partial charge in [-0.25, -0.2) is 9.37 Å². The minimum absolute atomic E-state index is 0.0142. The van der Waals surface area contributed by atoms with Crippen LogP contribution >= 0.6 is 23.6 Å². The van der Waals surface area contributed by atoms with Crippen molar-refractivity contribution in [1.82, 2.24) is 10.3 Å². The SMILES string of the molecule is O=[N+]([O-])c1cccc(-c2csc(NC(=S)NCCc3ccccc3F)n2)c1. The van der Waals surface area contributed by atoms with E-state index in [-0.39, 0.29) is 11.5 Å². The molecule has 9 heteroatoms. The lowest BCUT2D eigenvalue weighted by Crippen LogP contribution is -2.30. The maximum Gasteiger partial charge on any atom is 0.270 e. The van der Waals surface area contributed by atoms with Gasteiger partial charge in [-0.05, 0) is 30.3 Å². The summed E-state index contributed by atoms with van der Waals surface area (Å²) in [7, 11) is 0. The highest BCUT2D eigenvalue weighted by atomic mass is 32.1. The molecule has 1 aromatic heterocycles. The van der Waals surface area contributed by atoms with Gasteiger partial charge in [0, 0.05) is 29.6 Å². The maximum atomic E-state index is 13.6. The summed E-state index contributed by atoms with van der Waals surface area (Å²) in [6.07, 6.45) is 0.505. The molecule has 0 aliphatic rings. The minimum Gasteiger partial charge on any atom is -0.362 e. The molecular weight excluding hydrogens is 387 g/mol. The van der Waals surface area contributed by atoms with Crippen LogP contribution in [0, 0.1) is 15.9 Å². The van der Waals surface area contributed by atoms with Crippen molar-refractivity contribution < 1.29 is 9.31 Å². The molecule has 138 valence electrons. The number of halogens is 1. The molecular formula is C18H15FN4O2S2. The highest BCUT2D eigenvalue weighted by molar-refractivity contribution is 7.80. The second-order valence-corrected chi connectivity index (χ2v) is 6.83. The van der Waals surface area contributed by atoms with Gasteiger partial charge in [0.2, 0.25) is 0 Å². The fourth-order valence-corrected chi connectivity index (χ4v) is 3.38. The quantitative estimate of drug-likeness (QED) is 0.362. The van der Waals surface area contributed by atoms with Gasteiger partial charge in [-0.1, -0.05) is 30.3 Å². The van der Waals surface area contributed by atoms with Crippen molar-refractivity contribution in [3.8, 4) is 11.3 Å². The smallest absolute Gasteiger partial charge is 0.270 e. The Labute approximate surface area is 164 Å². The van der Waals surface area contributed by atoms with Gasteiger partial charge in [0.05, 0.1) is 10.6 Å². The standard InChI is InChI=1S/C18H15FN4O2S2/c19-15-7-2-1-4-12(15)8-9-20-17(26)22-18-21-16(11-27-18)13-5-3-6-14(10-13)23(24)25/h1-7,10-11H,8-9H2,(H2,20,21,22,26). The summed E-state index contributed by atoms with van der Waals surface area (Å²) in [5.41, 5.74) is 1.92. The number of non-ortho nitro benzene ring substituents is 1. The van der Waals surface area contributed by atoms with Crippen LogP contribution < -0.4 is 10.6 Å². The van der Waals surface area contributed by atoms with Gasteiger partial charge >= 0.3 is 0 Å². The number of nitrogens with zero attached hydrogens (tertiary/aromatic N) is 2. The van der Waals surface area contributed by atoms with E-state index in [1.165, 1.54) is 29.5 Å². The normalized spacial score (nSPS) is 10.4. The van der Waals surface area contributed by atoms with Crippen molar-refractivity contribution in [3.63, 3.8) is 0 Å². The second kappa shape index (κ2) is 8.65. The Hall–Kier alpha value is -2.91. The number of nitro groups is 1. The van der Waals surface area contributed by atoms with E-state index in [1.54, 1.807) is 35.7 Å². The Morgan fingerprint density at radius 1 is 1.26 bits per heavy atom. The summed E-state index contributed by atoms with van der Waals surface area (Å²) < 4.78 is 13.6. The third kappa shape index (κ3) is 5.05. The van der Waals surface area contributed by atoms with Gasteiger partial charge in [-0.3, -0.25) is 10.1 Å². The molecule has 1 heterocycles. The zero-order valence-electron chi connectivity index (χ0n) is 14.0. The van der Waals surface area contributed by atoms with E-state index >= 15 is 0 Å². The summed E-state index contributed by atoms with van der Waals surface area (Å²) >= 11 is 6.57. The third-order valence-electron chi connectivity index (χ3n) is 3.72. The zero-order valence-corrected chi connectivity index (χ0v) is 15.6.